The van der Waals surface area contributed by atoms with Crippen LogP contribution in [0.25, 0.3) is 0 Å². The van der Waals surface area contributed by atoms with Gasteiger partial charge in [0.05, 0.1) is 0 Å². The first-order valence-corrected chi connectivity index (χ1v) is 4.85. The number of alkyl carbamates (subject to hydrolysis) is 1. The normalized spacial score (nSPS) is 12.5. The van der Waals surface area contributed by atoms with Gasteiger partial charge in [0.15, 0.2) is 0 Å². The molecule has 1 amide bonds. The minimum atomic E-state index is -1.34. The molecule has 0 bridgehead atoms. The second-order valence-electron chi connectivity index (χ2n) is 4.33. The smallest absolute Gasteiger partial charge is 0.408 e. The summed E-state index contributed by atoms with van der Waals surface area (Å²) < 4.78 is 4.87. The molecule has 0 saturated heterocycles. The van der Waals surface area contributed by atoms with Crippen LogP contribution < -0.4 is 10.8 Å². The van der Waals surface area contributed by atoms with Gasteiger partial charge in [0.25, 0.3) is 0 Å². The minimum Gasteiger partial charge on any atom is -0.480 e. The Hall–Kier alpha value is -1.83. The molecule has 0 aromatic rings. The van der Waals surface area contributed by atoms with E-state index in [-0.39, 0.29) is 6.42 Å². The first-order valence-electron chi connectivity index (χ1n) is 4.85. The first-order chi connectivity index (χ1) is 7.65. The second-order valence-corrected chi connectivity index (χ2v) is 4.33. The molecule has 0 saturated carbocycles. The minimum absolute atomic E-state index is 0.370. The van der Waals surface area contributed by atoms with Crippen LogP contribution in [-0.4, -0.2) is 39.9 Å². The maximum Gasteiger partial charge on any atom is 0.408 e. The van der Waals surface area contributed by atoms with Gasteiger partial charge in [-0.25, -0.2) is 9.59 Å². The summed E-state index contributed by atoms with van der Waals surface area (Å²) in [6, 6.07) is -1.34. The molecule has 0 rings (SSSR count). The number of aliphatic carboxylic acids is 1. The van der Waals surface area contributed by atoms with E-state index in [4.69, 9.17) is 20.5 Å². The molecule has 0 aliphatic heterocycles. The molecule has 0 aliphatic rings. The van der Waals surface area contributed by atoms with Gasteiger partial charge in [-0.05, 0) is 20.8 Å². The van der Waals surface area contributed by atoms with Crippen LogP contribution in [0.4, 0.5) is 4.79 Å². The van der Waals surface area contributed by atoms with E-state index < -0.39 is 29.5 Å². The quantitative estimate of drug-likeness (QED) is 0.276. The predicted molar refractivity (Wildman–Crippen MR) is 58.1 cm³/mol. The molecule has 0 heterocycles. The van der Waals surface area contributed by atoms with Crippen molar-refractivity contribution in [3.8, 4) is 0 Å². The third kappa shape index (κ3) is 7.12. The van der Waals surface area contributed by atoms with Gasteiger partial charge in [0.2, 0.25) is 0 Å². The largest absolute Gasteiger partial charge is 0.480 e. The summed E-state index contributed by atoms with van der Waals surface area (Å²) in [7, 11) is 0. The summed E-state index contributed by atoms with van der Waals surface area (Å²) in [6.45, 7) is 4.92. The van der Waals surface area contributed by atoms with Crippen LogP contribution in [0.1, 0.15) is 27.2 Å². The molecule has 0 aliphatic carbocycles. The SMILES string of the molecule is CC(C)(C)OC(=O)N[C@@H](CC(=N)NO)C(=O)O. The summed E-state index contributed by atoms with van der Waals surface area (Å²) in [4.78, 5) is 22.1. The fourth-order valence-corrected chi connectivity index (χ4v) is 0.900. The number of rotatable bonds is 4. The molecule has 98 valence electrons. The highest BCUT2D eigenvalue weighted by atomic mass is 16.6. The second kappa shape index (κ2) is 6.04. The Labute approximate surface area is 98.4 Å². The molecule has 0 unspecified atom stereocenters. The van der Waals surface area contributed by atoms with Crippen molar-refractivity contribution < 1.29 is 24.6 Å². The average molecular weight is 247 g/mol. The topological polar surface area (TPSA) is 132 Å². The van der Waals surface area contributed by atoms with Crippen molar-refractivity contribution in [2.24, 2.45) is 0 Å². The third-order valence-electron chi connectivity index (χ3n) is 1.53. The molecule has 0 aromatic heterocycles. The Morgan fingerprint density at radius 3 is 2.29 bits per heavy atom. The van der Waals surface area contributed by atoms with Gasteiger partial charge < -0.3 is 15.2 Å². The molecule has 0 radical (unpaired) electrons. The number of amides is 1. The van der Waals surface area contributed by atoms with Crippen molar-refractivity contribution in [2.45, 2.75) is 38.8 Å². The van der Waals surface area contributed by atoms with E-state index >= 15 is 0 Å². The highest BCUT2D eigenvalue weighted by Gasteiger charge is 2.24. The highest BCUT2D eigenvalue weighted by molar-refractivity contribution is 5.87. The lowest BCUT2D eigenvalue weighted by Crippen LogP contribution is -2.45. The van der Waals surface area contributed by atoms with Crippen molar-refractivity contribution in [2.75, 3.05) is 0 Å². The van der Waals surface area contributed by atoms with Gasteiger partial charge in [0.1, 0.15) is 17.5 Å². The Kier molecular flexibility index (Phi) is 5.39. The van der Waals surface area contributed by atoms with Gasteiger partial charge in [-0.1, -0.05) is 0 Å². The summed E-state index contributed by atoms with van der Waals surface area (Å²) in [5, 5.41) is 26.3. The lowest BCUT2D eigenvalue weighted by Gasteiger charge is -2.21. The van der Waals surface area contributed by atoms with Crippen LogP contribution in [0, 0.1) is 5.41 Å². The van der Waals surface area contributed by atoms with E-state index in [1.54, 1.807) is 20.8 Å². The number of hydrogen-bond donors (Lipinski definition) is 5. The zero-order valence-corrected chi connectivity index (χ0v) is 9.90. The standard InChI is InChI=1S/C9H17N3O5/c1-9(2,3)17-8(15)11-5(7(13)14)4-6(10)12-16/h5,16H,4H2,1-3H3,(H2,10,12)(H,11,15)(H,13,14)/t5-/m0/s1. The van der Waals surface area contributed by atoms with Gasteiger partial charge in [-0.15, -0.1) is 0 Å². The van der Waals surface area contributed by atoms with Crippen LogP contribution in [0.5, 0.6) is 0 Å². The van der Waals surface area contributed by atoms with Crippen LogP contribution >= 0.6 is 0 Å². The molecular formula is C9H17N3O5. The third-order valence-corrected chi connectivity index (χ3v) is 1.53. The zero-order valence-electron chi connectivity index (χ0n) is 9.90. The van der Waals surface area contributed by atoms with Gasteiger partial charge >= 0.3 is 12.1 Å². The average Bonchev–Trinajstić information content (AvgIpc) is 2.13. The number of nitrogens with one attached hydrogen (secondary N) is 3. The first kappa shape index (κ1) is 15.2. The van der Waals surface area contributed by atoms with Gasteiger partial charge in [-0.3, -0.25) is 16.1 Å². The molecule has 0 aromatic carbocycles. The van der Waals surface area contributed by atoms with Crippen molar-refractivity contribution in [3.05, 3.63) is 0 Å². The summed E-state index contributed by atoms with van der Waals surface area (Å²) >= 11 is 0. The number of carboxylic acid groups (broad SMARTS) is 1. The lowest BCUT2D eigenvalue weighted by atomic mass is 10.2. The van der Waals surface area contributed by atoms with E-state index in [2.05, 4.69) is 5.32 Å². The molecular weight excluding hydrogens is 230 g/mol. The molecule has 1 atom stereocenters. The maximum atomic E-state index is 11.3. The number of carbonyl (C=O) groups is 2. The fourth-order valence-electron chi connectivity index (χ4n) is 0.900. The molecule has 8 nitrogen and oxygen atoms in total. The number of carboxylic acids is 1. The van der Waals surface area contributed by atoms with E-state index in [9.17, 15) is 9.59 Å². The van der Waals surface area contributed by atoms with Gasteiger partial charge in [0, 0.05) is 6.42 Å². The number of carbonyl (C=O) groups excluding carboxylic acids is 1. The van der Waals surface area contributed by atoms with Crippen LogP contribution in [0.15, 0.2) is 0 Å². The number of hydroxylamine groups is 1. The number of ether oxygens (including phenoxy) is 1. The molecule has 0 spiro atoms. The summed E-state index contributed by atoms with van der Waals surface area (Å²) in [6.07, 6.45) is -1.26. The molecule has 17 heavy (non-hydrogen) atoms. The molecule has 8 heteroatoms. The van der Waals surface area contributed by atoms with Crippen LogP contribution in [0.3, 0.4) is 0 Å². The Bertz CT molecular complexity index is 310. The van der Waals surface area contributed by atoms with Crippen LogP contribution in [-0.2, 0) is 9.53 Å². The summed E-state index contributed by atoms with van der Waals surface area (Å²) in [5.41, 5.74) is 0.759. The van der Waals surface area contributed by atoms with Gasteiger partial charge in [-0.2, -0.15) is 0 Å². The Morgan fingerprint density at radius 2 is 1.94 bits per heavy atom. The van der Waals surface area contributed by atoms with Crippen molar-refractivity contribution in [3.63, 3.8) is 0 Å². The van der Waals surface area contributed by atoms with E-state index in [0.717, 1.165) is 0 Å². The van der Waals surface area contributed by atoms with Crippen molar-refractivity contribution in [1.82, 2.24) is 10.8 Å². The van der Waals surface area contributed by atoms with Crippen LogP contribution in [0.2, 0.25) is 0 Å². The number of amidine groups is 1. The fraction of sp³-hybridized carbons (Fsp3) is 0.667. The summed E-state index contributed by atoms with van der Waals surface area (Å²) in [5.74, 6) is -1.75. The van der Waals surface area contributed by atoms with E-state index in [1.165, 1.54) is 5.48 Å². The Balaban J connectivity index is 4.41. The molecule has 0 fully saturated rings. The predicted octanol–water partition coefficient (Wildman–Crippen LogP) is 0.310. The van der Waals surface area contributed by atoms with Crippen molar-refractivity contribution >= 4 is 17.9 Å². The number of hydrogen-bond acceptors (Lipinski definition) is 5. The monoisotopic (exact) mass is 247 g/mol. The maximum absolute atomic E-state index is 11.3. The Morgan fingerprint density at radius 1 is 1.41 bits per heavy atom. The van der Waals surface area contributed by atoms with E-state index in [0.29, 0.717) is 0 Å². The van der Waals surface area contributed by atoms with Crippen molar-refractivity contribution in [1.29, 1.82) is 5.41 Å². The molecule has 5 N–H and O–H groups in total. The lowest BCUT2D eigenvalue weighted by molar-refractivity contribution is -0.139. The highest BCUT2D eigenvalue weighted by Crippen LogP contribution is 2.07. The zero-order chi connectivity index (χ0) is 13.6. The van der Waals surface area contributed by atoms with E-state index in [1.807, 2.05) is 0 Å².